The van der Waals surface area contributed by atoms with E-state index in [4.69, 9.17) is 0 Å². The van der Waals surface area contributed by atoms with Crippen molar-refractivity contribution in [2.24, 2.45) is 0 Å². The maximum Gasteiger partial charge on any atom is 0.128 e. The molecular weight excluding hydrogens is 198 g/mol. The molecule has 16 heavy (non-hydrogen) atoms. The van der Waals surface area contributed by atoms with Crippen LogP contribution in [0.4, 0.5) is 5.82 Å². The summed E-state index contributed by atoms with van der Waals surface area (Å²) in [5, 5.41) is 0. The van der Waals surface area contributed by atoms with Gasteiger partial charge in [-0.1, -0.05) is 6.07 Å². The van der Waals surface area contributed by atoms with Crippen molar-refractivity contribution in [3.63, 3.8) is 0 Å². The third-order valence-corrected chi connectivity index (χ3v) is 3.24. The summed E-state index contributed by atoms with van der Waals surface area (Å²) in [4.78, 5) is 9.48. The van der Waals surface area contributed by atoms with Crippen LogP contribution in [0.2, 0.25) is 0 Å². The molecule has 0 spiro atoms. The number of rotatable bonds is 2. The lowest BCUT2D eigenvalue weighted by Crippen LogP contribution is -2.49. The molecule has 88 valence electrons. The number of aryl methyl sites for hydroxylation is 1. The summed E-state index contributed by atoms with van der Waals surface area (Å²) in [5.74, 6) is 1.13. The van der Waals surface area contributed by atoms with Crippen molar-refractivity contribution < 1.29 is 0 Å². The van der Waals surface area contributed by atoms with Gasteiger partial charge >= 0.3 is 0 Å². The van der Waals surface area contributed by atoms with Crippen LogP contribution in [-0.2, 0) is 0 Å². The molecule has 2 rings (SSSR count). The van der Waals surface area contributed by atoms with Crippen LogP contribution >= 0.6 is 0 Å². The lowest BCUT2D eigenvalue weighted by Gasteiger charge is -2.37. The topological polar surface area (TPSA) is 19.4 Å². The van der Waals surface area contributed by atoms with Gasteiger partial charge in [0.1, 0.15) is 5.82 Å². The SMILES string of the molecule is Cc1cccc(N2CCN(C(C)C)CC2)n1. The molecule has 1 saturated heterocycles. The van der Waals surface area contributed by atoms with Crippen molar-refractivity contribution in [2.45, 2.75) is 26.8 Å². The van der Waals surface area contributed by atoms with Crippen molar-refractivity contribution in [1.29, 1.82) is 0 Å². The largest absolute Gasteiger partial charge is 0.354 e. The summed E-state index contributed by atoms with van der Waals surface area (Å²) in [6, 6.07) is 6.91. The molecule has 3 nitrogen and oxygen atoms in total. The molecule has 0 unspecified atom stereocenters. The molecule has 0 aromatic carbocycles. The van der Waals surface area contributed by atoms with Gasteiger partial charge < -0.3 is 4.90 Å². The Hall–Kier alpha value is -1.09. The first kappa shape index (κ1) is 11.4. The molecule has 0 amide bonds. The Morgan fingerprint density at radius 1 is 1.12 bits per heavy atom. The molecule has 3 heteroatoms. The Kier molecular flexibility index (Phi) is 3.44. The van der Waals surface area contributed by atoms with Crippen LogP contribution in [0.1, 0.15) is 19.5 Å². The maximum atomic E-state index is 4.57. The van der Waals surface area contributed by atoms with Crippen LogP contribution in [0.5, 0.6) is 0 Å². The standard InChI is InChI=1S/C13H21N3/c1-11(2)15-7-9-16(10-8-15)13-6-4-5-12(3)14-13/h4-6,11H,7-10H2,1-3H3. The number of aromatic nitrogens is 1. The zero-order valence-electron chi connectivity index (χ0n) is 10.5. The molecular formula is C13H21N3. The fraction of sp³-hybridized carbons (Fsp3) is 0.615. The zero-order chi connectivity index (χ0) is 11.5. The van der Waals surface area contributed by atoms with Gasteiger partial charge in [-0.15, -0.1) is 0 Å². The average molecular weight is 219 g/mol. The van der Waals surface area contributed by atoms with Crippen molar-refractivity contribution in [2.75, 3.05) is 31.1 Å². The molecule has 1 aliphatic heterocycles. The van der Waals surface area contributed by atoms with Crippen LogP contribution in [-0.4, -0.2) is 42.1 Å². The van der Waals surface area contributed by atoms with Gasteiger partial charge in [0.25, 0.3) is 0 Å². The first-order chi connectivity index (χ1) is 7.66. The Labute approximate surface area is 98.1 Å². The normalized spacial score (nSPS) is 18.1. The predicted molar refractivity (Wildman–Crippen MR) is 67.9 cm³/mol. The van der Waals surface area contributed by atoms with E-state index in [1.807, 2.05) is 13.0 Å². The molecule has 0 radical (unpaired) electrons. The van der Waals surface area contributed by atoms with E-state index in [9.17, 15) is 0 Å². The number of hydrogen-bond acceptors (Lipinski definition) is 3. The molecule has 0 N–H and O–H groups in total. The van der Waals surface area contributed by atoms with Gasteiger partial charge in [0.05, 0.1) is 0 Å². The minimum Gasteiger partial charge on any atom is -0.354 e. The van der Waals surface area contributed by atoms with E-state index in [-0.39, 0.29) is 0 Å². The highest BCUT2D eigenvalue weighted by atomic mass is 15.3. The van der Waals surface area contributed by atoms with Gasteiger partial charge in [0.2, 0.25) is 0 Å². The van der Waals surface area contributed by atoms with E-state index < -0.39 is 0 Å². The molecule has 2 heterocycles. The summed E-state index contributed by atoms with van der Waals surface area (Å²) in [7, 11) is 0. The fourth-order valence-corrected chi connectivity index (χ4v) is 2.17. The Morgan fingerprint density at radius 2 is 1.81 bits per heavy atom. The maximum absolute atomic E-state index is 4.57. The predicted octanol–water partition coefficient (Wildman–Crippen LogP) is 1.92. The van der Waals surface area contributed by atoms with Gasteiger partial charge in [0.15, 0.2) is 0 Å². The second-order valence-corrected chi connectivity index (χ2v) is 4.75. The first-order valence-corrected chi connectivity index (χ1v) is 6.09. The lowest BCUT2D eigenvalue weighted by molar-refractivity contribution is 0.209. The molecule has 0 aliphatic carbocycles. The quantitative estimate of drug-likeness (QED) is 0.757. The van der Waals surface area contributed by atoms with Crippen LogP contribution < -0.4 is 4.90 Å². The van der Waals surface area contributed by atoms with Crippen LogP contribution in [0.25, 0.3) is 0 Å². The number of anilines is 1. The average Bonchev–Trinajstić information content (AvgIpc) is 2.29. The number of pyridine rings is 1. The highest BCUT2D eigenvalue weighted by Gasteiger charge is 2.19. The van der Waals surface area contributed by atoms with E-state index in [0.29, 0.717) is 6.04 Å². The van der Waals surface area contributed by atoms with Gasteiger partial charge in [0, 0.05) is 37.9 Å². The first-order valence-electron chi connectivity index (χ1n) is 6.09. The highest BCUT2D eigenvalue weighted by molar-refractivity contribution is 5.39. The second-order valence-electron chi connectivity index (χ2n) is 4.75. The van der Waals surface area contributed by atoms with E-state index in [0.717, 1.165) is 37.7 Å². The second kappa shape index (κ2) is 4.83. The van der Waals surface area contributed by atoms with E-state index >= 15 is 0 Å². The minimum absolute atomic E-state index is 0.660. The van der Waals surface area contributed by atoms with E-state index in [1.165, 1.54) is 0 Å². The van der Waals surface area contributed by atoms with Crippen LogP contribution in [0.3, 0.4) is 0 Å². The lowest BCUT2D eigenvalue weighted by atomic mass is 10.2. The van der Waals surface area contributed by atoms with Crippen molar-refractivity contribution >= 4 is 5.82 Å². The van der Waals surface area contributed by atoms with Gasteiger partial charge in [-0.05, 0) is 32.9 Å². The molecule has 0 saturated carbocycles. The molecule has 1 aliphatic rings. The van der Waals surface area contributed by atoms with E-state index in [2.05, 4.69) is 40.8 Å². The highest BCUT2D eigenvalue weighted by Crippen LogP contribution is 2.14. The summed E-state index contributed by atoms with van der Waals surface area (Å²) >= 11 is 0. The van der Waals surface area contributed by atoms with E-state index in [1.54, 1.807) is 0 Å². The summed E-state index contributed by atoms with van der Waals surface area (Å²) in [5.41, 5.74) is 1.10. The third kappa shape index (κ3) is 2.53. The Morgan fingerprint density at radius 3 is 2.38 bits per heavy atom. The summed E-state index contributed by atoms with van der Waals surface area (Å²) in [6.07, 6.45) is 0. The van der Waals surface area contributed by atoms with Crippen LogP contribution in [0, 0.1) is 6.92 Å². The van der Waals surface area contributed by atoms with Crippen molar-refractivity contribution in [3.05, 3.63) is 23.9 Å². The third-order valence-electron chi connectivity index (χ3n) is 3.24. The molecule has 1 fully saturated rings. The number of hydrogen-bond donors (Lipinski definition) is 0. The summed E-state index contributed by atoms with van der Waals surface area (Å²) < 4.78 is 0. The van der Waals surface area contributed by atoms with Gasteiger partial charge in [-0.3, -0.25) is 4.90 Å². The number of nitrogens with zero attached hydrogens (tertiary/aromatic N) is 3. The smallest absolute Gasteiger partial charge is 0.128 e. The number of piperazine rings is 1. The molecule has 0 bridgehead atoms. The minimum atomic E-state index is 0.660. The van der Waals surface area contributed by atoms with Crippen molar-refractivity contribution in [1.82, 2.24) is 9.88 Å². The molecule has 1 aromatic heterocycles. The van der Waals surface area contributed by atoms with Crippen molar-refractivity contribution in [3.8, 4) is 0 Å². The Bertz CT molecular complexity index is 341. The van der Waals surface area contributed by atoms with Crippen LogP contribution in [0.15, 0.2) is 18.2 Å². The zero-order valence-corrected chi connectivity index (χ0v) is 10.5. The van der Waals surface area contributed by atoms with Gasteiger partial charge in [-0.2, -0.15) is 0 Å². The monoisotopic (exact) mass is 219 g/mol. The fourth-order valence-electron chi connectivity index (χ4n) is 2.17. The summed E-state index contributed by atoms with van der Waals surface area (Å²) in [6.45, 7) is 11.1. The van der Waals surface area contributed by atoms with Gasteiger partial charge in [-0.25, -0.2) is 4.98 Å². The molecule has 0 atom stereocenters. The molecule has 1 aromatic rings. The Balaban J connectivity index is 1.99.